The summed E-state index contributed by atoms with van der Waals surface area (Å²) in [7, 11) is 1.66. The zero-order chi connectivity index (χ0) is 16.8. The Labute approximate surface area is 147 Å². The van der Waals surface area contributed by atoms with Crippen LogP contribution in [-0.4, -0.2) is 28.2 Å². The molecule has 0 unspecified atom stereocenters. The van der Waals surface area contributed by atoms with Crippen LogP contribution in [0.15, 0.2) is 29.4 Å². The summed E-state index contributed by atoms with van der Waals surface area (Å²) in [6, 6.07) is 7.78. The molecule has 0 aliphatic heterocycles. The van der Waals surface area contributed by atoms with E-state index in [9.17, 15) is 0 Å². The van der Waals surface area contributed by atoms with Crippen molar-refractivity contribution >= 4 is 18.4 Å². The molecule has 1 N–H and O–H groups in total. The van der Waals surface area contributed by atoms with Crippen molar-refractivity contribution < 1.29 is 4.74 Å². The SMILES string of the molecule is COc1cccc(/C=N\n2c(CCC3CCCCC3)n[nH]c2=S)c1. The van der Waals surface area contributed by atoms with E-state index in [2.05, 4.69) is 15.3 Å². The normalized spacial score (nSPS) is 15.9. The number of benzene rings is 1. The summed E-state index contributed by atoms with van der Waals surface area (Å²) >= 11 is 5.31. The lowest BCUT2D eigenvalue weighted by molar-refractivity contribution is 0.336. The summed E-state index contributed by atoms with van der Waals surface area (Å²) in [5.74, 6) is 2.54. The van der Waals surface area contributed by atoms with Crippen molar-refractivity contribution in [1.29, 1.82) is 0 Å². The van der Waals surface area contributed by atoms with Crippen molar-refractivity contribution in [1.82, 2.24) is 14.9 Å². The lowest BCUT2D eigenvalue weighted by Gasteiger charge is -2.20. The van der Waals surface area contributed by atoms with Crippen LogP contribution in [0.5, 0.6) is 5.75 Å². The van der Waals surface area contributed by atoms with Crippen LogP contribution in [0.2, 0.25) is 0 Å². The minimum absolute atomic E-state index is 0.535. The van der Waals surface area contributed by atoms with E-state index in [1.165, 1.54) is 32.1 Å². The predicted octanol–water partition coefficient (Wildman–Crippen LogP) is 4.34. The third-order valence-corrected chi connectivity index (χ3v) is 4.90. The fraction of sp³-hybridized carbons (Fsp3) is 0.500. The van der Waals surface area contributed by atoms with Gasteiger partial charge in [-0.15, -0.1) is 0 Å². The van der Waals surface area contributed by atoms with Crippen LogP contribution in [0, 0.1) is 10.7 Å². The molecule has 24 heavy (non-hydrogen) atoms. The van der Waals surface area contributed by atoms with E-state index in [4.69, 9.17) is 17.0 Å². The average molecular weight is 344 g/mol. The van der Waals surface area contributed by atoms with E-state index in [1.54, 1.807) is 18.0 Å². The molecule has 0 spiro atoms. The van der Waals surface area contributed by atoms with Gasteiger partial charge < -0.3 is 4.74 Å². The first-order chi connectivity index (χ1) is 11.8. The van der Waals surface area contributed by atoms with Gasteiger partial charge in [-0.2, -0.15) is 14.9 Å². The van der Waals surface area contributed by atoms with E-state index in [0.29, 0.717) is 4.77 Å². The summed E-state index contributed by atoms with van der Waals surface area (Å²) in [4.78, 5) is 0. The number of rotatable bonds is 6. The number of ether oxygens (including phenoxy) is 1. The topological polar surface area (TPSA) is 55.2 Å². The van der Waals surface area contributed by atoms with Crippen LogP contribution in [0.1, 0.15) is 49.9 Å². The molecule has 6 heteroatoms. The van der Waals surface area contributed by atoms with Gasteiger partial charge in [-0.1, -0.05) is 44.2 Å². The monoisotopic (exact) mass is 344 g/mol. The Hall–Kier alpha value is -1.95. The molecule has 1 heterocycles. The molecule has 0 atom stereocenters. The van der Waals surface area contributed by atoms with Gasteiger partial charge in [-0.05, 0) is 42.3 Å². The molecule has 2 aromatic rings. The van der Waals surface area contributed by atoms with E-state index in [0.717, 1.165) is 35.9 Å². The molecule has 1 fully saturated rings. The molecule has 0 amide bonds. The van der Waals surface area contributed by atoms with E-state index in [-0.39, 0.29) is 0 Å². The predicted molar refractivity (Wildman–Crippen MR) is 98.3 cm³/mol. The summed E-state index contributed by atoms with van der Waals surface area (Å²) < 4.78 is 7.51. The van der Waals surface area contributed by atoms with Gasteiger partial charge in [-0.25, -0.2) is 0 Å². The Balaban J connectivity index is 1.69. The lowest BCUT2D eigenvalue weighted by Crippen LogP contribution is -2.09. The highest BCUT2D eigenvalue weighted by atomic mass is 32.1. The zero-order valence-corrected chi connectivity index (χ0v) is 14.9. The molecule has 0 saturated heterocycles. The van der Waals surface area contributed by atoms with Gasteiger partial charge in [0.2, 0.25) is 4.77 Å². The fourth-order valence-electron chi connectivity index (χ4n) is 3.26. The van der Waals surface area contributed by atoms with Gasteiger partial charge in [0.15, 0.2) is 5.82 Å². The average Bonchev–Trinajstić information content (AvgIpc) is 2.99. The smallest absolute Gasteiger partial charge is 0.216 e. The van der Waals surface area contributed by atoms with Crippen LogP contribution >= 0.6 is 12.2 Å². The van der Waals surface area contributed by atoms with Gasteiger partial charge in [0.1, 0.15) is 5.75 Å². The van der Waals surface area contributed by atoms with Crippen LogP contribution < -0.4 is 4.74 Å². The van der Waals surface area contributed by atoms with Gasteiger partial charge in [0.25, 0.3) is 0 Å². The van der Waals surface area contributed by atoms with E-state index in [1.807, 2.05) is 24.3 Å². The number of aromatic amines is 1. The molecular weight excluding hydrogens is 320 g/mol. The maximum atomic E-state index is 5.31. The van der Waals surface area contributed by atoms with Crippen molar-refractivity contribution in [2.45, 2.75) is 44.9 Å². The first-order valence-corrected chi connectivity index (χ1v) is 9.02. The molecular formula is C18H24N4OS. The summed E-state index contributed by atoms with van der Waals surface area (Å²) in [6.07, 6.45) is 10.7. The lowest BCUT2D eigenvalue weighted by atomic mass is 9.86. The van der Waals surface area contributed by atoms with Gasteiger partial charge in [0.05, 0.1) is 13.3 Å². The number of aromatic nitrogens is 3. The van der Waals surface area contributed by atoms with Crippen molar-refractivity contribution in [2.24, 2.45) is 11.0 Å². The number of hydrogen-bond acceptors (Lipinski definition) is 4. The van der Waals surface area contributed by atoms with Crippen LogP contribution in [0.25, 0.3) is 0 Å². The second-order valence-corrected chi connectivity index (χ2v) is 6.71. The minimum Gasteiger partial charge on any atom is -0.497 e. The summed E-state index contributed by atoms with van der Waals surface area (Å²) in [6.45, 7) is 0. The number of aryl methyl sites for hydroxylation is 1. The minimum atomic E-state index is 0.535. The Morgan fingerprint density at radius 2 is 2.21 bits per heavy atom. The molecule has 128 valence electrons. The largest absolute Gasteiger partial charge is 0.497 e. The molecule has 3 rings (SSSR count). The number of nitrogens with zero attached hydrogens (tertiary/aromatic N) is 3. The Kier molecular flexibility index (Phi) is 5.80. The van der Waals surface area contributed by atoms with Gasteiger partial charge >= 0.3 is 0 Å². The first-order valence-electron chi connectivity index (χ1n) is 8.61. The molecule has 1 aliphatic carbocycles. The molecule has 1 aromatic heterocycles. The molecule has 0 radical (unpaired) electrons. The maximum Gasteiger partial charge on any atom is 0.216 e. The number of H-pyrrole nitrogens is 1. The van der Waals surface area contributed by atoms with Crippen LogP contribution in [0.4, 0.5) is 0 Å². The van der Waals surface area contributed by atoms with Crippen LogP contribution in [-0.2, 0) is 6.42 Å². The Bertz CT molecular complexity index is 743. The van der Waals surface area contributed by atoms with E-state index < -0.39 is 0 Å². The highest BCUT2D eigenvalue weighted by molar-refractivity contribution is 7.71. The van der Waals surface area contributed by atoms with Crippen molar-refractivity contribution in [3.63, 3.8) is 0 Å². The van der Waals surface area contributed by atoms with Gasteiger partial charge in [0, 0.05) is 6.42 Å². The highest BCUT2D eigenvalue weighted by Gasteiger charge is 2.15. The third-order valence-electron chi connectivity index (χ3n) is 4.63. The second kappa shape index (κ2) is 8.24. The van der Waals surface area contributed by atoms with Crippen molar-refractivity contribution in [3.05, 3.63) is 40.4 Å². The second-order valence-electron chi connectivity index (χ2n) is 6.32. The molecule has 1 saturated carbocycles. The molecule has 1 aliphatic rings. The summed E-state index contributed by atoms with van der Waals surface area (Å²) in [5.41, 5.74) is 0.968. The number of hydrogen-bond donors (Lipinski definition) is 1. The summed E-state index contributed by atoms with van der Waals surface area (Å²) in [5, 5.41) is 11.7. The zero-order valence-electron chi connectivity index (χ0n) is 14.1. The standard InChI is InChI=1S/C18H24N4OS/c1-23-16-9-5-8-15(12-16)13-19-22-17(20-21-18(22)24)11-10-14-6-3-2-4-7-14/h5,8-9,12-14H,2-4,6-7,10-11H2,1H3,(H,21,24)/b19-13-. The number of nitrogens with one attached hydrogen (secondary N) is 1. The molecule has 0 bridgehead atoms. The van der Waals surface area contributed by atoms with Crippen LogP contribution in [0.3, 0.4) is 0 Å². The third kappa shape index (κ3) is 4.32. The van der Waals surface area contributed by atoms with Crippen molar-refractivity contribution in [3.8, 4) is 5.75 Å². The maximum absolute atomic E-state index is 5.31. The Morgan fingerprint density at radius 1 is 1.38 bits per heavy atom. The molecule has 5 nitrogen and oxygen atoms in total. The Morgan fingerprint density at radius 3 is 3.00 bits per heavy atom. The quantitative estimate of drug-likeness (QED) is 0.626. The number of methoxy groups -OCH3 is 1. The molecule has 1 aromatic carbocycles. The first kappa shape index (κ1) is 16.9. The van der Waals surface area contributed by atoms with E-state index >= 15 is 0 Å². The van der Waals surface area contributed by atoms with Crippen molar-refractivity contribution in [2.75, 3.05) is 7.11 Å². The van der Waals surface area contributed by atoms with Gasteiger partial charge in [-0.3, -0.25) is 5.10 Å². The highest BCUT2D eigenvalue weighted by Crippen LogP contribution is 2.27. The fourth-order valence-corrected chi connectivity index (χ4v) is 3.46.